The van der Waals surface area contributed by atoms with Crippen LogP contribution in [0.1, 0.15) is 60.9 Å². The number of phenols is 1. The number of aromatic carboxylic acids is 1. The summed E-state index contributed by atoms with van der Waals surface area (Å²) in [5.41, 5.74) is 1.11. The number of unbranched alkanes of at least 4 members (excludes halogenated alkanes) is 2. The molecule has 3 amide bonds. The summed E-state index contributed by atoms with van der Waals surface area (Å²) < 4.78 is 0. The van der Waals surface area contributed by atoms with E-state index < -0.39 is 23.8 Å². The number of hydrogen-bond acceptors (Lipinski definition) is 9. The molecule has 0 atom stereocenters. The topological polar surface area (TPSA) is 175 Å². The number of rotatable bonds is 13. The number of imide groups is 1. The number of benzene rings is 2. The third-order valence-electron chi connectivity index (χ3n) is 5.67. The lowest BCUT2D eigenvalue weighted by atomic mass is 10.1. The summed E-state index contributed by atoms with van der Waals surface area (Å²) in [6.45, 7) is 0.403. The summed E-state index contributed by atoms with van der Waals surface area (Å²) in [5.74, 6) is -3.00. The predicted molar refractivity (Wildman–Crippen MR) is 133 cm³/mol. The molecule has 0 bridgehead atoms. The van der Waals surface area contributed by atoms with Gasteiger partial charge in [0.1, 0.15) is 11.4 Å². The molecule has 0 unspecified atom stereocenters. The smallest absolute Gasteiger partial charge is 0.337 e. The molecule has 0 aromatic heterocycles. The third kappa shape index (κ3) is 8.22. The molecular formula is C26H28N4O8. The van der Waals surface area contributed by atoms with Crippen LogP contribution in [-0.4, -0.2) is 51.5 Å². The van der Waals surface area contributed by atoms with Crippen molar-refractivity contribution < 1.29 is 39.0 Å². The van der Waals surface area contributed by atoms with Crippen molar-refractivity contribution in [3.05, 3.63) is 53.6 Å². The van der Waals surface area contributed by atoms with Crippen molar-refractivity contribution >= 4 is 41.0 Å². The number of phenolic OH excluding ortho intramolecular Hbond substituents is 1. The Hall–Kier alpha value is -4.61. The Balaban J connectivity index is 1.37. The molecule has 2 aromatic carbocycles. The highest BCUT2D eigenvalue weighted by molar-refractivity contribution is 6.01. The highest BCUT2D eigenvalue weighted by Gasteiger charge is 2.32. The fourth-order valence-corrected chi connectivity index (χ4v) is 3.63. The van der Waals surface area contributed by atoms with Crippen molar-refractivity contribution in [1.82, 2.24) is 10.4 Å². The second-order valence-corrected chi connectivity index (χ2v) is 8.54. The maximum atomic E-state index is 12.2. The van der Waals surface area contributed by atoms with Gasteiger partial charge < -0.3 is 20.4 Å². The SMILES string of the molecule is O=C(CCc1cc(N=Nc2ccccc2C(=O)O)ccc1O)NCCCCCC(=O)ON1C(=O)CCC1=O. The summed E-state index contributed by atoms with van der Waals surface area (Å²) >= 11 is 0. The van der Waals surface area contributed by atoms with E-state index in [1.54, 1.807) is 18.2 Å². The van der Waals surface area contributed by atoms with Crippen LogP contribution in [0, 0.1) is 0 Å². The fourth-order valence-electron chi connectivity index (χ4n) is 3.63. The second-order valence-electron chi connectivity index (χ2n) is 8.54. The van der Waals surface area contributed by atoms with Gasteiger partial charge in [0.05, 0.1) is 11.3 Å². The number of nitrogens with zero attached hydrogens (tertiary/aromatic N) is 3. The Morgan fingerprint density at radius 1 is 0.947 bits per heavy atom. The molecule has 0 aliphatic carbocycles. The van der Waals surface area contributed by atoms with Crippen LogP contribution in [-0.2, 0) is 30.4 Å². The number of azo groups is 1. The van der Waals surface area contributed by atoms with Crippen LogP contribution in [0.15, 0.2) is 52.7 Å². The molecule has 0 spiro atoms. The number of carbonyl (C=O) groups excluding carboxylic acids is 4. The minimum atomic E-state index is -1.12. The summed E-state index contributed by atoms with van der Waals surface area (Å²) in [5, 5.41) is 30.7. The minimum Gasteiger partial charge on any atom is -0.508 e. The van der Waals surface area contributed by atoms with Crippen LogP contribution in [0.25, 0.3) is 0 Å². The highest BCUT2D eigenvalue weighted by Crippen LogP contribution is 2.27. The van der Waals surface area contributed by atoms with Gasteiger partial charge in [-0.15, -0.1) is 10.2 Å². The molecule has 1 saturated heterocycles. The van der Waals surface area contributed by atoms with Crippen molar-refractivity contribution in [1.29, 1.82) is 0 Å². The monoisotopic (exact) mass is 524 g/mol. The van der Waals surface area contributed by atoms with E-state index in [1.165, 1.54) is 24.3 Å². The van der Waals surface area contributed by atoms with Gasteiger partial charge in [-0.05, 0) is 55.2 Å². The number of hydrogen-bond donors (Lipinski definition) is 3. The number of aryl methyl sites for hydroxylation is 1. The lowest BCUT2D eigenvalue weighted by molar-refractivity contribution is -0.197. The molecule has 0 radical (unpaired) electrons. The normalized spacial score (nSPS) is 13.2. The van der Waals surface area contributed by atoms with Gasteiger partial charge in [0.25, 0.3) is 11.8 Å². The van der Waals surface area contributed by atoms with E-state index in [0.29, 0.717) is 42.1 Å². The van der Waals surface area contributed by atoms with E-state index in [1.807, 2.05) is 0 Å². The molecule has 1 aliphatic heterocycles. The van der Waals surface area contributed by atoms with Crippen LogP contribution in [0.4, 0.5) is 11.4 Å². The average molecular weight is 525 g/mol. The predicted octanol–water partition coefficient (Wildman–Crippen LogP) is 3.72. The lowest BCUT2D eigenvalue weighted by Crippen LogP contribution is -2.31. The average Bonchev–Trinajstić information content (AvgIpc) is 3.21. The minimum absolute atomic E-state index is 0.00639. The quantitative estimate of drug-likeness (QED) is 0.202. The van der Waals surface area contributed by atoms with Crippen molar-refractivity contribution in [2.45, 2.75) is 51.4 Å². The van der Waals surface area contributed by atoms with Crippen molar-refractivity contribution in [2.24, 2.45) is 10.2 Å². The molecule has 3 rings (SSSR count). The van der Waals surface area contributed by atoms with Crippen LogP contribution in [0.3, 0.4) is 0 Å². The first kappa shape index (κ1) is 28.0. The highest BCUT2D eigenvalue weighted by atomic mass is 16.7. The summed E-state index contributed by atoms with van der Waals surface area (Å²) in [6, 6.07) is 10.7. The Morgan fingerprint density at radius 2 is 1.68 bits per heavy atom. The molecule has 3 N–H and O–H groups in total. The van der Waals surface area contributed by atoms with E-state index in [9.17, 15) is 34.2 Å². The molecule has 0 saturated carbocycles. The zero-order chi connectivity index (χ0) is 27.5. The van der Waals surface area contributed by atoms with Gasteiger partial charge in [0, 0.05) is 32.2 Å². The van der Waals surface area contributed by atoms with Crippen LogP contribution >= 0.6 is 0 Å². The molecular weight excluding hydrogens is 496 g/mol. The zero-order valence-corrected chi connectivity index (χ0v) is 20.6. The Kier molecular flexibility index (Phi) is 10.0. The largest absolute Gasteiger partial charge is 0.508 e. The molecule has 1 fully saturated rings. The summed E-state index contributed by atoms with van der Waals surface area (Å²) in [6.07, 6.45) is 2.27. The Bertz CT molecular complexity index is 1230. The molecule has 1 heterocycles. The zero-order valence-electron chi connectivity index (χ0n) is 20.6. The van der Waals surface area contributed by atoms with Gasteiger partial charge >= 0.3 is 11.9 Å². The van der Waals surface area contributed by atoms with Gasteiger partial charge in [-0.1, -0.05) is 18.6 Å². The maximum absolute atomic E-state index is 12.2. The molecule has 200 valence electrons. The first-order chi connectivity index (χ1) is 18.2. The van der Waals surface area contributed by atoms with Crippen molar-refractivity contribution in [3.8, 4) is 5.75 Å². The van der Waals surface area contributed by atoms with E-state index in [0.717, 1.165) is 0 Å². The molecule has 12 nitrogen and oxygen atoms in total. The third-order valence-corrected chi connectivity index (χ3v) is 5.67. The summed E-state index contributed by atoms with van der Waals surface area (Å²) in [7, 11) is 0. The van der Waals surface area contributed by atoms with Crippen LogP contribution in [0.5, 0.6) is 5.75 Å². The Labute approximate surface area is 218 Å². The maximum Gasteiger partial charge on any atom is 0.337 e. The fraction of sp³-hybridized carbons (Fsp3) is 0.346. The van der Waals surface area contributed by atoms with Gasteiger partial charge in [0.2, 0.25) is 5.91 Å². The van der Waals surface area contributed by atoms with Gasteiger partial charge in [-0.2, -0.15) is 5.11 Å². The molecule has 1 aliphatic rings. The number of nitrogens with one attached hydrogen (secondary N) is 1. The Morgan fingerprint density at radius 3 is 2.42 bits per heavy atom. The molecule has 38 heavy (non-hydrogen) atoms. The van der Waals surface area contributed by atoms with E-state index in [2.05, 4.69) is 15.5 Å². The number of carboxylic acids is 1. The number of carbonyl (C=O) groups is 5. The number of amides is 3. The number of aromatic hydroxyl groups is 1. The van der Waals surface area contributed by atoms with Gasteiger partial charge in [-0.25, -0.2) is 9.59 Å². The first-order valence-corrected chi connectivity index (χ1v) is 12.1. The lowest BCUT2D eigenvalue weighted by Gasteiger charge is -2.12. The van der Waals surface area contributed by atoms with E-state index >= 15 is 0 Å². The van der Waals surface area contributed by atoms with Crippen LogP contribution in [0.2, 0.25) is 0 Å². The van der Waals surface area contributed by atoms with E-state index in [-0.39, 0.29) is 55.0 Å². The first-order valence-electron chi connectivity index (χ1n) is 12.1. The van der Waals surface area contributed by atoms with Crippen molar-refractivity contribution in [3.63, 3.8) is 0 Å². The van der Waals surface area contributed by atoms with Crippen molar-refractivity contribution in [2.75, 3.05) is 6.54 Å². The molecule has 2 aromatic rings. The van der Waals surface area contributed by atoms with E-state index in [4.69, 9.17) is 4.84 Å². The second kappa shape index (κ2) is 13.6. The standard InChI is InChI=1S/C26H28N4O8/c31-21-11-10-18(28-29-20-7-4-3-6-19(20)26(36)37)16-17(21)9-12-22(32)27-15-5-1-2-8-25(35)38-30-23(33)13-14-24(30)34/h3-4,6-7,10-11,16,31H,1-2,5,8-9,12-15H2,(H,27,32)(H,36,37). The molecule has 12 heteroatoms. The number of hydroxylamine groups is 2. The van der Waals surface area contributed by atoms with Gasteiger partial charge in [-0.3, -0.25) is 14.4 Å². The van der Waals surface area contributed by atoms with Gasteiger partial charge in [0.15, 0.2) is 0 Å². The number of carboxylic acid groups (broad SMARTS) is 1. The summed E-state index contributed by atoms with van der Waals surface area (Å²) in [4.78, 5) is 62.9. The van der Waals surface area contributed by atoms with Crippen LogP contribution < -0.4 is 5.32 Å².